The molecular weight excluding hydrogens is 244 g/mol. The van der Waals surface area contributed by atoms with Crippen molar-refractivity contribution in [2.24, 2.45) is 0 Å². The van der Waals surface area contributed by atoms with Crippen LogP contribution in [0.4, 0.5) is 0 Å². The van der Waals surface area contributed by atoms with Crippen LogP contribution in [0.2, 0.25) is 0 Å². The van der Waals surface area contributed by atoms with Crippen LogP contribution in [0.25, 0.3) is 0 Å². The van der Waals surface area contributed by atoms with Crippen LogP contribution in [0.5, 0.6) is 0 Å². The van der Waals surface area contributed by atoms with E-state index in [1.54, 1.807) is 4.90 Å². The summed E-state index contributed by atoms with van der Waals surface area (Å²) in [5, 5.41) is 11.9. The number of hydrogen-bond donors (Lipinski definition) is 2. The van der Waals surface area contributed by atoms with Crippen molar-refractivity contribution in [3.05, 3.63) is 0 Å². The van der Waals surface area contributed by atoms with E-state index in [1.165, 1.54) is 19.3 Å². The van der Waals surface area contributed by atoms with Crippen molar-refractivity contribution < 1.29 is 14.7 Å². The summed E-state index contributed by atoms with van der Waals surface area (Å²) in [5.41, 5.74) is -0.331. The van der Waals surface area contributed by atoms with Gasteiger partial charge in [0.1, 0.15) is 0 Å². The molecule has 0 heterocycles. The molecule has 0 aromatic rings. The Morgan fingerprint density at radius 2 is 1.74 bits per heavy atom. The number of carboxylic acid groups (broad SMARTS) is 1. The molecule has 0 aromatic heterocycles. The Balaban J connectivity index is 2.48. The first-order valence-corrected chi connectivity index (χ1v) is 7.05. The molecule has 1 amide bonds. The van der Waals surface area contributed by atoms with Crippen molar-refractivity contribution in [2.75, 3.05) is 13.1 Å². The second-order valence-electron chi connectivity index (χ2n) is 6.32. The molecule has 2 N–H and O–H groups in total. The minimum absolute atomic E-state index is 0.0666. The Hall–Kier alpha value is -1.10. The van der Waals surface area contributed by atoms with Gasteiger partial charge in [0.25, 0.3) is 0 Å². The van der Waals surface area contributed by atoms with Gasteiger partial charge in [-0.3, -0.25) is 14.5 Å². The van der Waals surface area contributed by atoms with E-state index in [2.05, 4.69) is 5.32 Å². The van der Waals surface area contributed by atoms with Crippen LogP contribution in [0, 0.1) is 0 Å². The molecule has 0 saturated heterocycles. The molecule has 1 fully saturated rings. The van der Waals surface area contributed by atoms with E-state index in [-0.39, 0.29) is 30.6 Å². The number of aliphatic carboxylic acids is 1. The van der Waals surface area contributed by atoms with Crippen molar-refractivity contribution in [1.29, 1.82) is 0 Å². The van der Waals surface area contributed by atoms with Gasteiger partial charge in [0.05, 0.1) is 13.1 Å². The zero-order valence-electron chi connectivity index (χ0n) is 12.2. The van der Waals surface area contributed by atoms with E-state index in [0.29, 0.717) is 0 Å². The van der Waals surface area contributed by atoms with Gasteiger partial charge in [-0.2, -0.15) is 0 Å². The number of hydrogen-bond acceptors (Lipinski definition) is 3. The van der Waals surface area contributed by atoms with Gasteiger partial charge in [-0.15, -0.1) is 0 Å². The maximum absolute atomic E-state index is 12.0. The van der Waals surface area contributed by atoms with E-state index < -0.39 is 5.97 Å². The third-order valence-corrected chi connectivity index (χ3v) is 3.58. The van der Waals surface area contributed by atoms with Crippen molar-refractivity contribution >= 4 is 11.9 Å². The summed E-state index contributed by atoms with van der Waals surface area (Å²) in [6.45, 7) is 5.80. The molecule has 5 heteroatoms. The van der Waals surface area contributed by atoms with E-state index in [1.807, 2.05) is 20.8 Å². The molecule has 1 rings (SSSR count). The molecule has 0 bridgehead atoms. The first-order valence-electron chi connectivity index (χ1n) is 7.05. The summed E-state index contributed by atoms with van der Waals surface area (Å²) in [4.78, 5) is 24.5. The zero-order valence-corrected chi connectivity index (χ0v) is 12.2. The van der Waals surface area contributed by atoms with Gasteiger partial charge < -0.3 is 10.4 Å². The Kier molecular flexibility index (Phi) is 5.79. The first-order chi connectivity index (χ1) is 8.79. The quantitative estimate of drug-likeness (QED) is 0.796. The molecule has 1 aliphatic carbocycles. The lowest BCUT2D eigenvalue weighted by atomic mass is 9.95. The van der Waals surface area contributed by atoms with Gasteiger partial charge in [-0.1, -0.05) is 19.3 Å². The normalized spacial score (nSPS) is 17.5. The number of nitrogens with zero attached hydrogens (tertiary/aromatic N) is 1. The number of amides is 1. The molecule has 5 nitrogen and oxygen atoms in total. The van der Waals surface area contributed by atoms with Crippen LogP contribution in [-0.2, 0) is 9.59 Å². The smallest absolute Gasteiger partial charge is 0.317 e. The second-order valence-corrected chi connectivity index (χ2v) is 6.32. The number of rotatable bonds is 5. The minimum Gasteiger partial charge on any atom is -0.480 e. The summed E-state index contributed by atoms with van der Waals surface area (Å²) in [7, 11) is 0. The molecule has 0 atom stereocenters. The van der Waals surface area contributed by atoms with E-state index in [4.69, 9.17) is 5.11 Å². The fourth-order valence-corrected chi connectivity index (χ4v) is 2.39. The third-order valence-electron chi connectivity index (χ3n) is 3.58. The summed E-state index contributed by atoms with van der Waals surface area (Å²) in [6, 6.07) is 0.271. The molecule has 19 heavy (non-hydrogen) atoms. The molecule has 110 valence electrons. The van der Waals surface area contributed by atoms with E-state index in [0.717, 1.165) is 12.8 Å². The lowest BCUT2D eigenvalue weighted by molar-refractivity contribution is -0.140. The van der Waals surface area contributed by atoms with Gasteiger partial charge >= 0.3 is 5.97 Å². The highest BCUT2D eigenvalue weighted by Crippen LogP contribution is 2.17. The van der Waals surface area contributed by atoms with E-state index in [9.17, 15) is 9.59 Å². The Bertz CT molecular complexity index is 317. The zero-order chi connectivity index (χ0) is 14.5. The average molecular weight is 270 g/mol. The van der Waals surface area contributed by atoms with Gasteiger partial charge in [0, 0.05) is 11.6 Å². The topological polar surface area (TPSA) is 69.6 Å². The molecular formula is C14H26N2O3. The van der Waals surface area contributed by atoms with Crippen LogP contribution in [-0.4, -0.2) is 46.6 Å². The van der Waals surface area contributed by atoms with Crippen molar-refractivity contribution in [2.45, 2.75) is 64.5 Å². The molecule has 0 unspecified atom stereocenters. The van der Waals surface area contributed by atoms with E-state index >= 15 is 0 Å². The van der Waals surface area contributed by atoms with Crippen LogP contribution in [0.1, 0.15) is 52.9 Å². The van der Waals surface area contributed by atoms with Gasteiger partial charge in [0.2, 0.25) is 5.91 Å². The van der Waals surface area contributed by atoms with Crippen LogP contribution >= 0.6 is 0 Å². The fourth-order valence-electron chi connectivity index (χ4n) is 2.39. The van der Waals surface area contributed by atoms with Crippen LogP contribution < -0.4 is 5.32 Å². The second kappa shape index (κ2) is 6.89. The minimum atomic E-state index is -0.902. The maximum Gasteiger partial charge on any atom is 0.317 e. The first kappa shape index (κ1) is 16.0. The van der Waals surface area contributed by atoms with Gasteiger partial charge in [0.15, 0.2) is 0 Å². The third kappa shape index (κ3) is 6.05. The standard InChI is InChI=1S/C14H26N2O3/c1-14(2,3)16(10-13(18)19)9-12(17)15-11-7-5-4-6-8-11/h11H,4-10H2,1-3H3,(H,15,17)(H,18,19). The Labute approximate surface area is 115 Å². The number of carbonyl (C=O) groups is 2. The highest BCUT2D eigenvalue weighted by Gasteiger charge is 2.26. The van der Waals surface area contributed by atoms with Crippen molar-refractivity contribution in [3.63, 3.8) is 0 Å². The Morgan fingerprint density at radius 3 is 2.21 bits per heavy atom. The highest BCUT2D eigenvalue weighted by atomic mass is 16.4. The summed E-state index contributed by atoms with van der Waals surface area (Å²) in [6.07, 6.45) is 5.67. The SMILES string of the molecule is CC(C)(C)N(CC(=O)O)CC(=O)NC1CCCCC1. The fraction of sp³-hybridized carbons (Fsp3) is 0.857. The molecule has 1 aliphatic rings. The maximum atomic E-state index is 12.0. The number of carbonyl (C=O) groups excluding carboxylic acids is 1. The van der Waals surface area contributed by atoms with Crippen molar-refractivity contribution in [3.8, 4) is 0 Å². The van der Waals surface area contributed by atoms with Crippen LogP contribution in [0.3, 0.4) is 0 Å². The van der Waals surface area contributed by atoms with Gasteiger partial charge in [-0.25, -0.2) is 0 Å². The number of nitrogens with one attached hydrogen (secondary N) is 1. The highest BCUT2D eigenvalue weighted by molar-refractivity contribution is 5.79. The van der Waals surface area contributed by atoms with Crippen molar-refractivity contribution in [1.82, 2.24) is 10.2 Å². The molecule has 0 spiro atoms. The molecule has 0 aliphatic heterocycles. The predicted molar refractivity (Wildman–Crippen MR) is 74.0 cm³/mol. The summed E-state index contributed by atoms with van der Waals surface area (Å²) >= 11 is 0. The monoisotopic (exact) mass is 270 g/mol. The average Bonchev–Trinajstić information content (AvgIpc) is 2.27. The summed E-state index contributed by atoms with van der Waals surface area (Å²) in [5.74, 6) is -0.969. The van der Waals surface area contributed by atoms with Gasteiger partial charge in [-0.05, 0) is 33.6 Å². The molecule has 1 saturated carbocycles. The lowest BCUT2D eigenvalue weighted by Crippen LogP contribution is -2.50. The summed E-state index contributed by atoms with van der Waals surface area (Å²) < 4.78 is 0. The predicted octanol–water partition coefficient (Wildman–Crippen LogP) is 1.62. The molecule has 0 aromatic carbocycles. The largest absolute Gasteiger partial charge is 0.480 e. The lowest BCUT2D eigenvalue weighted by Gasteiger charge is -2.34. The molecule has 0 radical (unpaired) electrons. The Morgan fingerprint density at radius 1 is 1.16 bits per heavy atom. The van der Waals surface area contributed by atoms with Crippen LogP contribution in [0.15, 0.2) is 0 Å². The number of carboxylic acids is 1.